The second-order valence-electron chi connectivity index (χ2n) is 6.18. The Bertz CT molecular complexity index is 421. The number of carbonyl (C=O) groups is 3. The number of piperidine rings is 1. The molecule has 7 nitrogen and oxygen atoms in total. The van der Waals surface area contributed by atoms with E-state index in [9.17, 15) is 14.4 Å². The molecule has 0 bridgehead atoms. The van der Waals surface area contributed by atoms with E-state index in [1.165, 1.54) is 11.3 Å². The molecular weight excluding hydrogens is 286 g/mol. The molecule has 0 spiro atoms. The summed E-state index contributed by atoms with van der Waals surface area (Å²) in [6, 6.07) is -0.109. The number of hydrogen-bond acceptors (Lipinski definition) is 3. The van der Waals surface area contributed by atoms with Gasteiger partial charge in [-0.15, -0.1) is 0 Å². The number of rotatable bonds is 4. The number of nitrogens with zero attached hydrogens (tertiary/aromatic N) is 1. The van der Waals surface area contributed by atoms with Crippen molar-refractivity contribution in [3.8, 4) is 0 Å². The highest BCUT2D eigenvalue weighted by atomic mass is 16.4. The van der Waals surface area contributed by atoms with E-state index in [-0.39, 0.29) is 31.1 Å². The van der Waals surface area contributed by atoms with Crippen molar-refractivity contribution in [1.82, 2.24) is 15.5 Å². The maximum atomic E-state index is 12.1. The van der Waals surface area contributed by atoms with Crippen LogP contribution in [-0.2, 0) is 9.59 Å². The number of urea groups is 1. The van der Waals surface area contributed by atoms with E-state index >= 15 is 0 Å². The van der Waals surface area contributed by atoms with Crippen LogP contribution in [0.5, 0.6) is 0 Å². The van der Waals surface area contributed by atoms with E-state index in [1.54, 1.807) is 0 Å². The lowest BCUT2D eigenvalue weighted by Crippen LogP contribution is -2.49. The molecule has 1 heterocycles. The van der Waals surface area contributed by atoms with Gasteiger partial charge in [0.2, 0.25) is 5.91 Å². The predicted octanol–water partition coefficient (Wildman–Crippen LogP) is 0.941. The first-order chi connectivity index (χ1) is 10.6. The Labute approximate surface area is 130 Å². The molecule has 7 heteroatoms. The van der Waals surface area contributed by atoms with Gasteiger partial charge >= 0.3 is 12.0 Å². The number of carbonyl (C=O) groups excluding carboxylic acids is 2. The molecule has 0 aromatic heterocycles. The largest absolute Gasteiger partial charge is 0.481 e. The van der Waals surface area contributed by atoms with Gasteiger partial charge in [0, 0.05) is 19.1 Å². The molecule has 0 aromatic carbocycles. The molecule has 3 N–H and O–H groups in total. The normalized spacial score (nSPS) is 22.9. The molecule has 124 valence electrons. The third-order valence-corrected chi connectivity index (χ3v) is 4.46. The summed E-state index contributed by atoms with van der Waals surface area (Å²) in [7, 11) is 0. The standard InChI is InChI=1S/C15H25N3O4/c19-13(18-8-4-5-11(10-18)14(20)21)9-16-15(22)17-12-6-2-1-3-7-12/h11-12H,1-10H2,(H,20,21)(H2,16,17,22). The van der Waals surface area contributed by atoms with Crippen LogP contribution in [0.3, 0.4) is 0 Å². The lowest BCUT2D eigenvalue weighted by molar-refractivity contribution is -0.145. The zero-order valence-corrected chi connectivity index (χ0v) is 12.8. The van der Waals surface area contributed by atoms with Crippen LogP contribution in [0.1, 0.15) is 44.9 Å². The van der Waals surface area contributed by atoms with Crippen LogP contribution in [0.4, 0.5) is 4.79 Å². The first-order valence-corrected chi connectivity index (χ1v) is 8.11. The van der Waals surface area contributed by atoms with E-state index in [0.717, 1.165) is 25.7 Å². The Balaban J connectivity index is 1.70. The molecule has 1 saturated heterocycles. The Morgan fingerprint density at radius 2 is 1.77 bits per heavy atom. The topological polar surface area (TPSA) is 98.7 Å². The molecule has 1 aliphatic heterocycles. The van der Waals surface area contributed by atoms with Crippen molar-refractivity contribution in [1.29, 1.82) is 0 Å². The first kappa shape index (κ1) is 16.6. The maximum absolute atomic E-state index is 12.1. The van der Waals surface area contributed by atoms with Crippen molar-refractivity contribution in [2.24, 2.45) is 5.92 Å². The van der Waals surface area contributed by atoms with E-state index < -0.39 is 11.9 Å². The van der Waals surface area contributed by atoms with E-state index in [0.29, 0.717) is 19.4 Å². The predicted molar refractivity (Wildman–Crippen MR) is 80.3 cm³/mol. The lowest BCUT2D eigenvalue weighted by Gasteiger charge is -2.31. The van der Waals surface area contributed by atoms with E-state index in [1.807, 2.05) is 0 Å². The second-order valence-corrected chi connectivity index (χ2v) is 6.18. The van der Waals surface area contributed by atoms with Gasteiger partial charge in [0.05, 0.1) is 12.5 Å². The van der Waals surface area contributed by atoms with Crippen molar-refractivity contribution in [2.45, 2.75) is 51.0 Å². The molecule has 1 unspecified atom stereocenters. The Hall–Kier alpha value is -1.79. The van der Waals surface area contributed by atoms with Crippen molar-refractivity contribution < 1.29 is 19.5 Å². The molecule has 1 aliphatic carbocycles. The maximum Gasteiger partial charge on any atom is 0.315 e. The first-order valence-electron chi connectivity index (χ1n) is 8.11. The molecular formula is C15H25N3O4. The molecule has 22 heavy (non-hydrogen) atoms. The summed E-state index contributed by atoms with van der Waals surface area (Å²) < 4.78 is 0. The van der Waals surface area contributed by atoms with Gasteiger partial charge in [-0.2, -0.15) is 0 Å². The molecule has 2 fully saturated rings. The van der Waals surface area contributed by atoms with Gasteiger partial charge in [0.15, 0.2) is 0 Å². The van der Waals surface area contributed by atoms with Crippen molar-refractivity contribution in [2.75, 3.05) is 19.6 Å². The van der Waals surface area contributed by atoms with Crippen molar-refractivity contribution in [3.05, 3.63) is 0 Å². The highest BCUT2D eigenvalue weighted by Gasteiger charge is 2.28. The van der Waals surface area contributed by atoms with E-state index in [2.05, 4.69) is 10.6 Å². The molecule has 2 aliphatic rings. The quantitative estimate of drug-likeness (QED) is 0.719. The Kier molecular flexibility index (Phi) is 6.03. The smallest absolute Gasteiger partial charge is 0.315 e. The zero-order chi connectivity index (χ0) is 15.9. The van der Waals surface area contributed by atoms with Gasteiger partial charge in [0.25, 0.3) is 0 Å². The average Bonchev–Trinajstić information content (AvgIpc) is 2.53. The molecule has 2 rings (SSSR count). The number of aliphatic carboxylic acids is 1. The van der Waals surface area contributed by atoms with E-state index in [4.69, 9.17) is 5.11 Å². The number of amides is 3. The molecule has 0 aromatic rings. The minimum atomic E-state index is -0.861. The molecule has 3 amide bonds. The number of likely N-dealkylation sites (tertiary alicyclic amines) is 1. The summed E-state index contributed by atoms with van der Waals surface area (Å²) in [5.74, 6) is -1.57. The minimum Gasteiger partial charge on any atom is -0.481 e. The van der Waals surface area contributed by atoms with Gasteiger partial charge in [0.1, 0.15) is 0 Å². The monoisotopic (exact) mass is 311 g/mol. The fraction of sp³-hybridized carbons (Fsp3) is 0.800. The summed E-state index contributed by atoms with van der Waals surface area (Å²) in [6.07, 6.45) is 6.77. The number of carboxylic acids is 1. The molecule has 1 atom stereocenters. The van der Waals surface area contributed by atoms with Crippen LogP contribution < -0.4 is 10.6 Å². The Morgan fingerprint density at radius 1 is 1.05 bits per heavy atom. The van der Waals surface area contributed by atoms with Crippen LogP contribution in [0.2, 0.25) is 0 Å². The van der Waals surface area contributed by atoms with Gasteiger partial charge in [-0.05, 0) is 25.7 Å². The Morgan fingerprint density at radius 3 is 2.45 bits per heavy atom. The zero-order valence-electron chi connectivity index (χ0n) is 12.8. The third kappa shape index (κ3) is 4.89. The summed E-state index contributed by atoms with van der Waals surface area (Å²) in [5.41, 5.74) is 0. The van der Waals surface area contributed by atoms with Crippen LogP contribution in [-0.4, -0.2) is 53.6 Å². The fourth-order valence-corrected chi connectivity index (χ4v) is 3.16. The van der Waals surface area contributed by atoms with Gasteiger partial charge in [-0.25, -0.2) is 4.79 Å². The molecule has 1 saturated carbocycles. The highest BCUT2D eigenvalue weighted by molar-refractivity contribution is 5.84. The van der Waals surface area contributed by atoms with Crippen molar-refractivity contribution >= 4 is 17.9 Å². The average molecular weight is 311 g/mol. The van der Waals surface area contributed by atoms with Crippen LogP contribution in [0, 0.1) is 5.92 Å². The second kappa shape index (κ2) is 8.00. The summed E-state index contributed by atoms with van der Waals surface area (Å²) >= 11 is 0. The van der Waals surface area contributed by atoms with Gasteiger partial charge in [-0.1, -0.05) is 19.3 Å². The number of hydrogen-bond donors (Lipinski definition) is 3. The van der Waals surface area contributed by atoms with Crippen LogP contribution in [0.25, 0.3) is 0 Å². The lowest BCUT2D eigenvalue weighted by atomic mass is 9.96. The summed E-state index contributed by atoms with van der Waals surface area (Å²) in [5, 5.41) is 14.5. The SMILES string of the molecule is O=C(NCC(=O)N1CCCC(C(=O)O)C1)NC1CCCCC1. The number of nitrogens with one attached hydrogen (secondary N) is 2. The van der Waals surface area contributed by atoms with Crippen LogP contribution >= 0.6 is 0 Å². The minimum absolute atomic E-state index is 0.0785. The fourth-order valence-electron chi connectivity index (χ4n) is 3.16. The summed E-state index contributed by atoms with van der Waals surface area (Å²) in [4.78, 5) is 36.4. The van der Waals surface area contributed by atoms with Gasteiger partial charge < -0.3 is 20.6 Å². The highest BCUT2D eigenvalue weighted by Crippen LogP contribution is 2.17. The van der Waals surface area contributed by atoms with Gasteiger partial charge in [-0.3, -0.25) is 9.59 Å². The number of carboxylic acid groups (broad SMARTS) is 1. The van der Waals surface area contributed by atoms with Crippen LogP contribution in [0.15, 0.2) is 0 Å². The van der Waals surface area contributed by atoms with Crippen molar-refractivity contribution in [3.63, 3.8) is 0 Å². The summed E-state index contributed by atoms with van der Waals surface area (Å²) in [6.45, 7) is 0.722. The third-order valence-electron chi connectivity index (χ3n) is 4.46. The molecule has 0 radical (unpaired) electrons.